The number of hydrogen-bond donors (Lipinski definition) is 0. The lowest BCUT2D eigenvalue weighted by Crippen LogP contribution is -1.92. The van der Waals surface area contributed by atoms with Crippen molar-refractivity contribution >= 4 is 6.21 Å². The van der Waals surface area contributed by atoms with E-state index in [1.54, 1.807) is 6.20 Å². The zero-order valence-corrected chi connectivity index (χ0v) is 9.12. The van der Waals surface area contributed by atoms with Gasteiger partial charge in [-0.05, 0) is 35.6 Å². The molecule has 1 aromatic rings. The Hall–Kier alpha value is -1.37. The van der Waals surface area contributed by atoms with E-state index in [4.69, 9.17) is 0 Å². The van der Waals surface area contributed by atoms with Gasteiger partial charge in [0.2, 0.25) is 0 Å². The second kappa shape index (κ2) is 4.75. The molecule has 0 heterocycles. The van der Waals surface area contributed by atoms with Crippen LogP contribution in [-0.2, 0) is 0 Å². The second-order valence-corrected chi connectivity index (χ2v) is 3.73. The van der Waals surface area contributed by atoms with Crippen molar-refractivity contribution in [1.29, 1.82) is 0 Å². The summed E-state index contributed by atoms with van der Waals surface area (Å²) in [7, 11) is 0. The molecule has 0 aliphatic rings. The number of benzene rings is 1. The van der Waals surface area contributed by atoms with Crippen LogP contribution in [0.1, 0.15) is 36.5 Å². The van der Waals surface area contributed by atoms with Gasteiger partial charge in [-0.3, -0.25) is 4.99 Å². The number of aryl methyl sites for hydroxylation is 1. The molecule has 0 aliphatic carbocycles. The Morgan fingerprint density at radius 1 is 1.36 bits per heavy atom. The normalized spacial score (nSPS) is 11.1. The predicted octanol–water partition coefficient (Wildman–Crippen LogP) is 3.68. The lowest BCUT2D eigenvalue weighted by molar-refractivity contribution is 0.865. The Kier molecular flexibility index (Phi) is 3.63. The van der Waals surface area contributed by atoms with Crippen molar-refractivity contribution in [2.45, 2.75) is 26.7 Å². The molecule has 0 amide bonds. The third kappa shape index (κ3) is 2.56. The number of hydrogen-bond acceptors (Lipinski definition) is 1. The average Bonchev–Trinajstić information content (AvgIpc) is 2.16. The molecule has 1 aromatic carbocycles. The van der Waals surface area contributed by atoms with E-state index in [1.165, 1.54) is 16.7 Å². The van der Waals surface area contributed by atoms with Gasteiger partial charge in [0.1, 0.15) is 0 Å². The fourth-order valence-corrected chi connectivity index (χ4v) is 1.29. The van der Waals surface area contributed by atoms with Gasteiger partial charge in [-0.1, -0.05) is 32.6 Å². The quantitative estimate of drug-likeness (QED) is 0.640. The summed E-state index contributed by atoms with van der Waals surface area (Å²) in [6, 6.07) is 6.50. The maximum Gasteiger partial charge on any atom is 0.0342 e. The van der Waals surface area contributed by atoms with Crippen LogP contribution in [0.2, 0.25) is 0 Å². The smallest absolute Gasteiger partial charge is 0.0342 e. The van der Waals surface area contributed by atoms with Gasteiger partial charge in [0.25, 0.3) is 0 Å². The summed E-state index contributed by atoms with van der Waals surface area (Å²) in [5.41, 5.74) is 3.78. The standard InChI is InChI=1S/C13H17N/c1-5-14-9-13-8-12(10(2)3)7-6-11(13)4/h5-10H,1H2,2-4H3/b14-9-. The summed E-state index contributed by atoms with van der Waals surface area (Å²) in [5.74, 6) is 0.562. The van der Waals surface area contributed by atoms with Crippen LogP contribution >= 0.6 is 0 Å². The summed E-state index contributed by atoms with van der Waals surface area (Å²) in [6.45, 7) is 10.0. The summed E-state index contributed by atoms with van der Waals surface area (Å²) in [6.07, 6.45) is 3.41. The average molecular weight is 187 g/mol. The van der Waals surface area contributed by atoms with E-state index < -0.39 is 0 Å². The van der Waals surface area contributed by atoms with Crippen molar-refractivity contribution in [2.75, 3.05) is 0 Å². The Balaban J connectivity index is 3.08. The second-order valence-electron chi connectivity index (χ2n) is 3.73. The molecule has 0 unspecified atom stereocenters. The zero-order valence-electron chi connectivity index (χ0n) is 9.12. The zero-order chi connectivity index (χ0) is 10.6. The highest BCUT2D eigenvalue weighted by Crippen LogP contribution is 2.17. The molecule has 1 heteroatoms. The van der Waals surface area contributed by atoms with Gasteiger partial charge in [-0.2, -0.15) is 0 Å². The highest BCUT2D eigenvalue weighted by Gasteiger charge is 2.01. The fourth-order valence-electron chi connectivity index (χ4n) is 1.29. The topological polar surface area (TPSA) is 12.4 Å². The van der Waals surface area contributed by atoms with Gasteiger partial charge in [-0.15, -0.1) is 0 Å². The molecule has 0 bridgehead atoms. The number of nitrogens with zero attached hydrogens (tertiary/aromatic N) is 1. The molecule has 1 rings (SSSR count). The first-order chi connectivity index (χ1) is 6.65. The molecular formula is C13H17N. The van der Waals surface area contributed by atoms with Crippen LogP contribution in [-0.4, -0.2) is 6.21 Å². The van der Waals surface area contributed by atoms with Crippen LogP contribution in [0.15, 0.2) is 36.0 Å². The minimum atomic E-state index is 0.562. The van der Waals surface area contributed by atoms with Gasteiger partial charge in [0, 0.05) is 12.4 Å². The lowest BCUT2D eigenvalue weighted by atomic mass is 9.98. The Bertz CT molecular complexity index is 348. The van der Waals surface area contributed by atoms with Crippen LogP contribution in [0.25, 0.3) is 0 Å². The monoisotopic (exact) mass is 187 g/mol. The first-order valence-corrected chi connectivity index (χ1v) is 4.89. The number of aliphatic imine (C=N–C) groups is 1. The Morgan fingerprint density at radius 3 is 2.64 bits per heavy atom. The molecule has 0 N–H and O–H groups in total. The first kappa shape index (κ1) is 10.7. The van der Waals surface area contributed by atoms with E-state index in [1.807, 2.05) is 6.21 Å². The summed E-state index contributed by atoms with van der Waals surface area (Å²) >= 11 is 0. The van der Waals surface area contributed by atoms with E-state index in [-0.39, 0.29) is 0 Å². The van der Waals surface area contributed by atoms with Gasteiger partial charge in [0.05, 0.1) is 0 Å². The van der Waals surface area contributed by atoms with E-state index in [0.29, 0.717) is 5.92 Å². The minimum absolute atomic E-state index is 0.562. The number of rotatable bonds is 3. The molecule has 0 radical (unpaired) electrons. The molecule has 0 atom stereocenters. The van der Waals surface area contributed by atoms with E-state index in [9.17, 15) is 0 Å². The third-order valence-corrected chi connectivity index (χ3v) is 2.29. The first-order valence-electron chi connectivity index (χ1n) is 4.89. The highest BCUT2D eigenvalue weighted by molar-refractivity contribution is 5.82. The maximum atomic E-state index is 4.04. The summed E-state index contributed by atoms with van der Waals surface area (Å²) in [4.78, 5) is 4.04. The van der Waals surface area contributed by atoms with Crippen molar-refractivity contribution in [2.24, 2.45) is 4.99 Å². The maximum absolute atomic E-state index is 4.04. The van der Waals surface area contributed by atoms with Crippen molar-refractivity contribution in [1.82, 2.24) is 0 Å². The molecule has 0 spiro atoms. The van der Waals surface area contributed by atoms with Crippen LogP contribution in [0, 0.1) is 6.92 Å². The van der Waals surface area contributed by atoms with E-state index in [2.05, 4.69) is 50.5 Å². The lowest BCUT2D eigenvalue weighted by Gasteiger charge is -2.07. The third-order valence-electron chi connectivity index (χ3n) is 2.29. The fraction of sp³-hybridized carbons (Fsp3) is 0.308. The van der Waals surface area contributed by atoms with Crippen LogP contribution in [0.5, 0.6) is 0 Å². The molecule has 1 nitrogen and oxygen atoms in total. The molecule has 14 heavy (non-hydrogen) atoms. The molecule has 0 saturated heterocycles. The highest BCUT2D eigenvalue weighted by atomic mass is 14.7. The SMILES string of the molecule is C=C/N=C\c1cc(C(C)C)ccc1C. The van der Waals surface area contributed by atoms with Crippen LogP contribution in [0.4, 0.5) is 0 Å². The van der Waals surface area contributed by atoms with Crippen LogP contribution in [0.3, 0.4) is 0 Å². The molecular weight excluding hydrogens is 170 g/mol. The Morgan fingerprint density at radius 2 is 2.07 bits per heavy atom. The van der Waals surface area contributed by atoms with Crippen molar-refractivity contribution in [3.63, 3.8) is 0 Å². The summed E-state index contributed by atoms with van der Waals surface area (Å²) < 4.78 is 0. The summed E-state index contributed by atoms with van der Waals surface area (Å²) in [5, 5.41) is 0. The van der Waals surface area contributed by atoms with Gasteiger partial charge in [-0.25, -0.2) is 0 Å². The van der Waals surface area contributed by atoms with Crippen molar-refractivity contribution < 1.29 is 0 Å². The van der Waals surface area contributed by atoms with Gasteiger partial charge in [0.15, 0.2) is 0 Å². The van der Waals surface area contributed by atoms with Crippen molar-refractivity contribution in [3.8, 4) is 0 Å². The molecule has 0 saturated carbocycles. The Labute approximate surface area is 86.2 Å². The molecule has 0 aromatic heterocycles. The van der Waals surface area contributed by atoms with Gasteiger partial charge < -0.3 is 0 Å². The van der Waals surface area contributed by atoms with E-state index in [0.717, 1.165) is 0 Å². The van der Waals surface area contributed by atoms with E-state index >= 15 is 0 Å². The molecule has 0 aliphatic heterocycles. The molecule has 74 valence electrons. The molecule has 0 fully saturated rings. The van der Waals surface area contributed by atoms with Gasteiger partial charge >= 0.3 is 0 Å². The van der Waals surface area contributed by atoms with Crippen LogP contribution < -0.4 is 0 Å². The largest absolute Gasteiger partial charge is 0.265 e. The minimum Gasteiger partial charge on any atom is -0.265 e. The van der Waals surface area contributed by atoms with Crippen molar-refractivity contribution in [3.05, 3.63) is 47.7 Å². The predicted molar refractivity (Wildman–Crippen MR) is 63.1 cm³/mol.